The van der Waals surface area contributed by atoms with Gasteiger partial charge in [-0.3, -0.25) is 14.4 Å². The van der Waals surface area contributed by atoms with Crippen LogP contribution in [0.4, 0.5) is 0 Å². The van der Waals surface area contributed by atoms with Crippen LogP contribution < -0.4 is 5.32 Å². The van der Waals surface area contributed by atoms with Crippen LogP contribution in [-0.2, 0) is 20.8 Å². The maximum atomic E-state index is 12.7. The van der Waals surface area contributed by atoms with E-state index >= 15 is 0 Å². The maximum Gasteiger partial charge on any atom is 0.307 e. The van der Waals surface area contributed by atoms with Gasteiger partial charge in [-0.1, -0.05) is 30.3 Å². The molecule has 3 atom stereocenters. The number of likely N-dealkylation sites (tertiary alicyclic amines) is 1. The van der Waals surface area contributed by atoms with Gasteiger partial charge in [-0.05, 0) is 24.8 Å². The molecule has 2 fully saturated rings. The molecule has 1 aliphatic heterocycles. The summed E-state index contributed by atoms with van der Waals surface area (Å²) in [5.74, 6) is -2.45. The van der Waals surface area contributed by atoms with E-state index in [2.05, 4.69) is 5.32 Å². The fraction of sp³-hybridized carbons (Fsp3) is 0.500. The molecule has 1 aliphatic carbocycles. The Morgan fingerprint density at radius 3 is 2.38 bits per heavy atom. The lowest BCUT2D eigenvalue weighted by atomic mass is 10.0. The lowest BCUT2D eigenvalue weighted by Crippen LogP contribution is -2.49. The summed E-state index contributed by atoms with van der Waals surface area (Å²) in [5.41, 5.74) is 0.973. The first-order chi connectivity index (χ1) is 11.6. The second-order valence-electron chi connectivity index (χ2n) is 6.57. The summed E-state index contributed by atoms with van der Waals surface area (Å²) >= 11 is 0. The standard InChI is InChI=1S/C18H22N2O4/c21-16(13-11-14(13)18(23)24)19-15(10-12-6-2-1-3-7-12)17(22)20-8-4-5-9-20/h1-3,6-7,13-15H,4-5,8-11H2,(H,19,21)(H,23,24)/t13-,14+,15+/m0/s1. The summed E-state index contributed by atoms with van der Waals surface area (Å²) in [6.07, 6.45) is 2.76. The molecule has 2 N–H and O–H groups in total. The summed E-state index contributed by atoms with van der Waals surface area (Å²) in [7, 11) is 0. The van der Waals surface area contributed by atoms with Gasteiger partial charge in [0.1, 0.15) is 6.04 Å². The Bertz CT molecular complexity index is 625. The van der Waals surface area contributed by atoms with Crippen LogP contribution in [0.3, 0.4) is 0 Å². The number of carboxylic acids is 1. The minimum Gasteiger partial charge on any atom is -0.481 e. The smallest absolute Gasteiger partial charge is 0.307 e. The number of benzene rings is 1. The van der Waals surface area contributed by atoms with Gasteiger partial charge in [0.2, 0.25) is 11.8 Å². The molecule has 1 aromatic rings. The van der Waals surface area contributed by atoms with Crippen molar-refractivity contribution in [2.75, 3.05) is 13.1 Å². The van der Waals surface area contributed by atoms with E-state index in [1.54, 1.807) is 4.90 Å². The topological polar surface area (TPSA) is 86.7 Å². The number of hydrogen-bond acceptors (Lipinski definition) is 3. The van der Waals surface area contributed by atoms with E-state index in [0.29, 0.717) is 12.8 Å². The Hall–Kier alpha value is -2.37. The van der Waals surface area contributed by atoms with Gasteiger partial charge in [0.15, 0.2) is 0 Å². The molecule has 0 aromatic heterocycles. The van der Waals surface area contributed by atoms with Crippen molar-refractivity contribution in [1.82, 2.24) is 10.2 Å². The quantitative estimate of drug-likeness (QED) is 0.816. The molecule has 6 heteroatoms. The molecule has 1 aromatic carbocycles. The molecule has 2 amide bonds. The monoisotopic (exact) mass is 330 g/mol. The van der Waals surface area contributed by atoms with Gasteiger partial charge >= 0.3 is 5.97 Å². The normalized spacial score (nSPS) is 23.6. The number of rotatable bonds is 6. The highest BCUT2D eigenvalue weighted by Crippen LogP contribution is 2.38. The largest absolute Gasteiger partial charge is 0.481 e. The predicted molar refractivity (Wildman–Crippen MR) is 87.1 cm³/mol. The van der Waals surface area contributed by atoms with E-state index in [1.807, 2.05) is 30.3 Å². The van der Waals surface area contributed by atoms with E-state index in [9.17, 15) is 14.4 Å². The average molecular weight is 330 g/mol. The van der Waals surface area contributed by atoms with Crippen molar-refractivity contribution in [3.63, 3.8) is 0 Å². The molecular weight excluding hydrogens is 308 g/mol. The molecule has 1 saturated heterocycles. The zero-order chi connectivity index (χ0) is 17.1. The lowest BCUT2D eigenvalue weighted by Gasteiger charge is -2.24. The molecule has 0 spiro atoms. The molecular formula is C18H22N2O4. The fourth-order valence-corrected chi connectivity index (χ4v) is 3.24. The van der Waals surface area contributed by atoms with Crippen LogP contribution in [0.1, 0.15) is 24.8 Å². The Morgan fingerprint density at radius 1 is 1.12 bits per heavy atom. The van der Waals surface area contributed by atoms with Gasteiger partial charge < -0.3 is 15.3 Å². The first-order valence-corrected chi connectivity index (χ1v) is 8.42. The van der Waals surface area contributed by atoms with Crippen molar-refractivity contribution in [1.29, 1.82) is 0 Å². The summed E-state index contributed by atoms with van der Waals surface area (Å²) in [5, 5.41) is 11.8. The van der Waals surface area contributed by atoms with Crippen molar-refractivity contribution in [2.45, 2.75) is 31.7 Å². The molecule has 2 aliphatic rings. The van der Waals surface area contributed by atoms with Gasteiger partial charge in [-0.2, -0.15) is 0 Å². The summed E-state index contributed by atoms with van der Waals surface area (Å²) in [6.45, 7) is 1.45. The highest BCUT2D eigenvalue weighted by Gasteiger charge is 2.49. The van der Waals surface area contributed by atoms with Gasteiger partial charge in [0.25, 0.3) is 0 Å². The number of nitrogens with one attached hydrogen (secondary N) is 1. The van der Waals surface area contributed by atoms with Crippen molar-refractivity contribution in [3.8, 4) is 0 Å². The van der Waals surface area contributed by atoms with Crippen molar-refractivity contribution < 1.29 is 19.5 Å². The number of carbonyl (C=O) groups excluding carboxylic acids is 2. The third-order valence-electron chi connectivity index (χ3n) is 4.76. The van der Waals surface area contributed by atoms with Crippen molar-refractivity contribution in [2.24, 2.45) is 11.8 Å². The first kappa shape index (κ1) is 16.5. The van der Waals surface area contributed by atoms with Crippen LogP contribution in [0, 0.1) is 11.8 Å². The molecule has 1 heterocycles. The highest BCUT2D eigenvalue weighted by molar-refractivity contribution is 5.93. The van der Waals surface area contributed by atoms with Crippen molar-refractivity contribution >= 4 is 17.8 Å². The molecule has 6 nitrogen and oxygen atoms in total. The van der Waals surface area contributed by atoms with Crippen LogP contribution in [0.5, 0.6) is 0 Å². The number of carboxylic acid groups (broad SMARTS) is 1. The predicted octanol–water partition coefficient (Wildman–Crippen LogP) is 1.06. The lowest BCUT2D eigenvalue weighted by molar-refractivity contribution is -0.140. The number of amides is 2. The molecule has 24 heavy (non-hydrogen) atoms. The van der Waals surface area contributed by atoms with Crippen LogP contribution in [0.15, 0.2) is 30.3 Å². The molecule has 128 valence electrons. The Morgan fingerprint density at radius 2 is 1.79 bits per heavy atom. The fourth-order valence-electron chi connectivity index (χ4n) is 3.24. The Kier molecular flexibility index (Phi) is 4.83. The average Bonchev–Trinajstić information content (AvgIpc) is 3.21. The minimum atomic E-state index is -0.944. The third kappa shape index (κ3) is 3.75. The molecule has 3 rings (SSSR count). The van der Waals surface area contributed by atoms with Crippen LogP contribution in [0.2, 0.25) is 0 Å². The van der Waals surface area contributed by atoms with Gasteiger partial charge in [-0.25, -0.2) is 0 Å². The van der Waals surface area contributed by atoms with E-state index < -0.39 is 23.8 Å². The number of nitrogens with zero attached hydrogens (tertiary/aromatic N) is 1. The zero-order valence-electron chi connectivity index (χ0n) is 13.5. The van der Waals surface area contributed by atoms with Crippen LogP contribution in [0.25, 0.3) is 0 Å². The zero-order valence-corrected chi connectivity index (χ0v) is 13.5. The van der Waals surface area contributed by atoms with Crippen molar-refractivity contribution in [3.05, 3.63) is 35.9 Å². The van der Waals surface area contributed by atoms with Crippen LogP contribution >= 0.6 is 0 Å². The van der Waals surface area contributed by atoms with E-state index in [-0.39, 0.29) is 11.8 Å². The summed E-state index contributed by atoms with van der Waals surface area (Å²) in [4.78, 5) is 37.8. The molecule has 0 radical (unpaired) electrons. The molecule has 1 saturated carbocycles. The maximum absolute atomic E-state index is 12.7. The second-order valence-corrected chi connectivity index (χ2v) is 6.57. The first-order valence-electron chi connectivity index (χ1n) is 8.42. The number of hydrogen-bond donors (Lipinski definition) is 2. The second kappa shape index (κ2) is 7.03. The third-order valence-corrected chi connectivity index (χ3v) is 4.76. The summed E-state index contributed by atoms with van der Waals surface area (Å²) < 4.78 is 0. The highest BCUT2D eigenvalue weighted by atomic mass is 16.4. The van der Waals surface area contributed by atoms with Gasteiger partial charge in [0.05, 0.1) is 11.8 Å². The minimum absolute atomic E-state index is 0.0720. The Balaban J connectivity index is 1.68. The van der Waals surface area contributed by atoms with E-state index in [0.717, 1.165) is 31.5 Å². The van der Waals surface area contributed by atoms with E-state index in [4.69, 9.17) is 5.11 Å². The van der Waals surface area contributed by atoms with Crippen LogP contribution in [-0.4, -0.2) is 46.9 Å². The Labute approximate surface area is 140 Å². The van der Waals surface area contributed by atoms with Gasteiger partial charge in [-0.15, -0.1) is 0 Å². The van der Waals surface area contributed by atoms with E-state index in [1.165, 1.54) is 0 Å². The molecule has 0 bridgehead atoms. The molecule has 0 unspecified atom stereocenters. The SMILES string of the molecule is O=C(N[C@H](Cc1ccccc1)C(=O)N1CCCC1)[C@H]1C[C@H]1C(=O)O. The van der Waals surface area contributed by atoms with Gasteiger partial charge in [0, 0.05) is 19.5 Å². The number of carbonyl (C=O) groups is 3. The summed E-state index contributed by atoms with van der Waals surface area (Å²) in [6, 6.07) is 8.92. The number of aliphatic carboxylic acids is 1.